The zero-order valence-electron chi connectivity index (χ0n) is 18.1. The zero-order chi connectivity index (χ0) is 21.2. The number of pyridine rings is 1. The van der Waals surface area contributed by atoms with Crippen LogP contribution in [0.4, 0.5) is 0 Å². The Bertz CT molecular complexity index is 1080. The van der Waals surface area contributed by atoms with E-state index in [1.807, 2.05) is 17.1 Å². The first kappa shape index (κ1) is 20.2. The average Bonchev–Trinajstić information content (AvgIpc) is 3.20. The van der Waals surface area contributed by atoms with E-state index in [9.17, 15) is 4.79 Å². The summed E-state index contributed by atoms with van der Waals surface area (Å²) in [7, 11) is 0. The summed E-state index contributed by atoms with van der Waals surface area (Å²) >= 11 is 0. The fraction of sp³-hybridized carbons (Fsp3) is 0.480. The van der Waals surface area contributed by atoms with E-state index in [0.29, 0.717) is 11.7 Å². The highest BCUT2D eigenvalue weighted by Crippen LogP contribution is 2.33. The first-order chi connectivity index (χ1) is 15.2. The molecule has 1 saturated heterocycles. The van der Waals surface area contributed by atoms with Crippen molar-refractivity contribution in [1.82, 2.24) is 19.7 Å². The van der Waals surface area contributed by atoms with Crippen LogP contribution in [-0.4, -0.2) is 38.7 Å². The minimum absolute atomic E-state index is 0.352. The number of rotatable bonds is 5. The molecule has 1 saturated carbocycles. The summed E-state index contributed by atoms with van der Waals surface area (Å²) in [5.74, 6) is -0.464. The number of amides is 1. The van der Waals surface area contributed by atoms with Crippen molar-refractivity contribution in [3.63, 3.8) is 0 Å². The minimum atomic E-state index is -0.464. The number of primary amides is 1. The molecule has 6 heteroatoms. The number of benzene rings is 1. The number of nitrogens with two attached hydrogens (primary N) is 1. The second-order valence-corrected chi connectivity index (χ2v) is 9.10. The number of piperidine rings is 1. The van der Waals surface area contributed by atoms with Crippen molar-refractivity contribution in [2.24, 2.45) is 5.73 Å². The van der Waals surface area contributed by atoms with Crippen LogP contribution in [0.1, 0.15) is 73.5 Å². The van der Waals surface area contributed by atoms with Gasteiger partial charge in [0.25, 0.3) is 5.91 Å². The summed E-state index contributed by atoms with van der Waals surface area (Å²) in [5.41, 5.74) is 10.4. The Morgan fingerprint density at radius 2 is 1.74 bits per heavy atom. The van der Waals surface area contributed by atoms with Crippen molar-refractivity contribution in [3.05, 3.63) is 47.9 Å². The smallest absolute Gasteiger partial charge is 0.269 e. The first-order valence-corrected chi connectivity index (χ1v) is 11.7. The monoisotopic (exact) mass is 417 g/mol. The van der Waals surface area contributed by atoms with Crippen molar-refractivity contribution in [1.29, 1.82) is 0 Å². The third-order valence-corrected chi connectivity index (χ3v) is 6.84. The molecule has 2 N–H and O–H groups in total. The maximum atomic E-state index is 12.2. The van der Waals surface area contributed by atoms with Crippen LogP contribution in [0.3, 0.4) is 0 Å². The lowest BCUT2D eigenvalue weighted by Crippen LogP contribution is -2.29. The van der Waals surface area contributed by atoms with Gasteiger partial charge >= 0.3 is 0 Å². The topological polar surface area (TPSA) is 77.0 Å². The highest BCUT2D eigenvalue weighted by atomic mass is 16.1. The average molecular weight is 418 g/mol. The van der Waals surface area contributed by atoms with E-state index < -0.39 is 5.91 Å². The van der Waals surface area contributed by atoms with Gasteiger partial charge in [-0.2, -0.15) is 5.10 Å². The van der Waals surface area contributed by atoms with Gasteiger partial charge in [0, 0.05) is 29.9 Å². The lowest BCUT2D eigenvalue weighted by molar-refractivity contribution is 0.0995. The molecule has 3 heterocycles. The summed E-state index contributed by atoms with van der Waals surface area (Å²) < 4.78 is 2.05. The normalized spacial score (nSPS) is 18.5. The van der Waals surface area contributed by atoms with Gasteiger partial charge in [-0.05, 0) is 68.1 Å². The van der Waals surface area contributed by atoms with Gasteiger partial charge in [-0.25, -0.2) is 0 Å². The Labute approximate surface area is 183 Å². The number of hydrogen-bond donors (Lipinski definition) is 1. The van der Waals surface area contributed by atoms with Crippen molar-refractivity contribution >= 4 is 16.8 Å². The second-order valence-electron chi connectivity index (χ2n) is 9.10. The molecule has 3 aromatic rings. The van der Waals surface area contributed by atoms with E-state index in [2.05, 4.69) is 39.2 Å². The van der Waals surface area contributed by atoms with Crippen molar-refractivity contribution in [2.45, 2.75) is 64.0 Å². The lowest BCUT2D eigenvalue weighted by Gasteiger charge is -2.26. The van der Waals surface area contributed by atoms with Crippen molar-refractivity contribution in [3.8, 4) is 11.1 Å². The Morgan fingerprint density at radius 3 is 2.52 bits per heavy atom. The van der Waals surface area contributed by atoms with Gasteiger partial charge in [0.05, 0.1) is 11.6 Å². The minimum Gasteiger partial charge on any atom is -0.364 e. The Hall–Kier alpha value is -2.73. The maximum absolute atomic E-state index is 12.2. The van der Waals surface area contributed by atoms with Gasteiger partial charge in [0.2, 0.25) is 0 Å². The number of likely N-dealkylation sites (tertiary alicyclic amines) is 1. The summed E-state index contributed by atoms with van der Waals surface area (Å²) in [6, 6.07) is 8.85. The van der Waals surface area contributed by atoms with Gasteiger partial charge in [0.1, 0.15) is 0 Å². The number of fused-ring (bicyclic) bond motifs is 1. The lowest BCUT2D eigenvalue weighted by atomic mass is 9.95. The molecule has 2 aliphatic rings. The van der Waals surface area contributed by atoms with Gasteiger partial charge in [-0.15, -0.1) is 0 Å². The highest BCUT2D eigenvalue weighted by molar-refractivity contribution is 6.05. The molecule has 6 nitrogen and oxygen atoms in total. The number of carbonyl (C=O) groups is 1. The number of carbonyl (C=O) groups excluding carboxylic acids is 1. The molecule has 2 fully saturated rings. The molecule has 0 atom stereocenters. The molecule has 0 bridgehead atoms. The first-order valence-electron chi connectivity index (χ1n) is 11.7. The molecule has 1 aliphatic carbocycles. The van der Waals surface area contributed by atoms with Gasteiger partial charge in [0.15, 0.2) is 5.69 Å². The highest BCUT2D eigenvalue weighted by Gasteiger charge is 2.22. The summed E-state index contributed by atoms with van der Waals surface area (Å²) in [6.45, 7) is 3.27. The number of hydrogen-bond acceptors (Lipinski definition) is 4. The predicted molar refractivity (Wildman–Crippen MR) is 123 cm³/mol. The molecule has 0 radical (unpaired) electrons. The van der Waals surface area contributed by atoms with E-state index in [4.69, 9.17) is 5.73 Å². The fourth-order valence-electron chi connectivity index (χ4n) is 5.21. The predicted octanol–water partition coefficient (Wildman–Crippen LogP) is 4.69. The van der Waals surface area contributed by atoms with Crippen molar-refractivity contribution < 1.29 is 4.79 Å². The third kappa shape index (κ3) is 4.22. The van der Waals surface area contributed by atoms with Crippen LogP contribution in [0.2, 0.25) is 0 Å². The van der Waals surface area contributed by atoms with Gasteiger partial charge in [-0.1, -0.05) is 31.7 Å². The maximum Gasteiger partial charge on any atom is 0.269 e. The molecule has 31 heavy (non-hydrogen) atoms. The molecule has 1 aliphatic heterocycles. The van der Waals surface area contributed by atoms with E-state index >= 15 is 0 Å². The molecular formula is C25H31N5O. The number of aromatic nitrogens is 3. The second kappa shape index (κ2) is 8.79. The summed E-state index contributed by atoms with van der Waals surface area (Å²) in [4.78, 5) is 19.2. The Morgan fingerprint density at radius 1 is 0.968 bits per heavy atom. The molecule has 0 unspecified atom stereocenters. The molecule has 162 valence electrons. The Balaban J connectivity index is 1.48. The van der Waals surface area contributed by atoms with Crippen LogP contribution >= 0.6 is 0 Å². The van der Waals surface area contributed by atoms with Crippen LogP contribution in [0.25, 0.3) is 22.0 Å². The van der Waals surface area contributed by atoms with Gasteiger partial charge in [-0.3, -0.25) is 19.4 Å². The van der Waals surface area contributed by atoms with Crippen LogP contribution in [0, 0.1) is 0 Å². The van der Waals surface area contributed by atoms with E-state index in [-0.39, 0.29) is 0 Å². The zero-order valence-corrected chi connectivity index (χ0v) is 18.1. The largest absolute Gasteiger partial charge is 0.364 e. The van der Waals surface area contributed by atoms with E-state index in [0.717, 1.165) is 41.4 Å². The van der Waals surface area contributed by atoms with Crippen LogP contribution in [-0.2, 0) is 6.54 Å². The van der Waals surface area contributed by atoms with E-state index in [1.165, 1.54) is 57.2 Å². The van der Waals surface area contributed by atoms with Crippen LogP contribution < -0.4 is 5.73 Å². The summed E-state index contributed by atoms with van der Waals surface area (Å²) in [5, 5.41) is 5.51. The van der Waals surface area contributed by atoms with E-state index in [1.54, 1.807) is 0 Å². The van der Waals surface area contributed by atoms with Crippen molar-refractivity contribution in [2.75, 3.05) is 13.1 Å². The molecule has 0 spiro atoms. The third-order valence-electron chi connectivity index (χ3n) is 6.84. The fourth-order valence-corrected chi connectivity index (χ4v) is 5.21. The van der Waals surface area contributed by atoms with Gasteiger partial charge < -0.3 is 5.73 Å². The quantitative estimate of drug-likeness (QED) is 0.653. The number of nitrogens with zero attached hydrogens (tertiary/aromatic N) is 4. The Kier molecular flexibility index (Phi) is 5.72. The molecule has 1 aromatic carbocycles. The molecular weight excluding hydrogens is 386 g/mol. The molecule has 1 amide bonds. The summed E-state index contributed by atoms with van der Waals surface area (Å²) in [6.07, 6.45) is 13.7. The molecule has 2 aromatic heterocycles. The van der Waals surface area contributed by atoms with Crippen LogP contribution in [0.5, 0.6) is 0 Å². The molecule has 5 rings (SSSR count). The SMILES string of the molecule is NC(=O)c1nn(C2CCCCC2)c2ccc(-c3cncc(CN4CCCCC4)c3)cc12. The van der Waals surface area contributed by atoms with Crippen LogP contribution in [0.15, 0.2) is 36.7 Å². The standard InChI is InChI=1S/C25H31N5O/c26-25(31)24-22-14-19(9-10-23(22)30(28-24)21-7-3-1-4-8-21)20-13-18(15-27-16-20)17-29-11-5-2-6-12-29/h9-10,13-16,21H,1-8,11-12,17H2,(H2,26,31).